The van der Waals surface area contributed by atoms with Gasteiger partial charge in [0.1, 0.15) is 0 Å². The SMILES string of the molecule is CCC1CCCN(C(=O)C2CCC(C(F)(F)F)CN2)CC1. The van der Waals surface area contributed by atoms with E-state index in [9.17, 15) is 18.0 Å². The summed E-state index contributed by atoms with van der Waals surface area (Å²) in [6.45, 7) is 3.53. The van der Waals surface area contributed by atoms with Crippen LogP contribution in [-0.4, -0.2) is 42.7 Å². The largest absolute Gasteiger partial charge is 0.393 e. The summed E-state index contributed by atoms with van der Waals surface area (Å²) < 4.78 is 37.9. The van der Waals surface area contributed by atoms with Crippen LogP contribution in [0.3, 0.4) is 0 Å². The second-order valence-electron chi connectivity index (χ2n) is 6.31. The van der Waals surface area contributed by atoms with Gasteiger partial charge in [-0.05, 0) is 38.0 Å². The Labute approximate surface area is 124 Å². The number of halogens is 3. The topological polar surface area (TPSA) is 32.3 Å². The summed E-state index contributed by atoms with van der Waals surface area (Å²) in [6.07, 6.45) is 0.487. The molecule has 0 aromatic rings. The van der Waals surface area contributed by atoms with E-state index in [0.717, 1.165) is 38.8 Å². The second-order valence-corrected chi connectivity index (χ2v) is 6.31. The van der Waals surface area contributed by atoms with E-state index in [1.54, 1.807) is 0 Å². The van der Waals surface area contributed by atoms with Crippen molar-refractivity contribution in [3.05, 3.63) is 0 Å². The average molecular weight is 306 g/mol. The van der Waals surface area contributed by atoms with Crippen LogP contribution in [-0.2, 0) is 4.79 Å². The third kappa shape index (κ3) is 4.34. The fraction of sp³-hybridized carbons (Fsp3) is 0.933. The number of piperidine rings is 1. The van der Waals surface area contributed by atoms with E-state index in [4.69, 9.17) is 0 Å². The molecule has 0 aromatic heterocycles. The van der Waals surface area contributed by atoms with Crippen LogP contribution in [0.2, 0.25) is 0 Å². The normalized spacial score (nSPS) is 31.8. The van der Waals surface area contributed by atoms with E-state index in [0.29, 0.717) is 5.92 Å². The Hall–Kier alpha value is -0.780. The highest BCUT2D eigenvalue weighted by Gasteiger charge is 2.43. The minimum Gasteiger partial charge on any atom is -0.341 e. The smallest absolute Gasteiger partial charge is 0.341 e. The molecule has 0 aromatic carbocycles. The van der Waals surface area contributed by atoms with Crippen molar-refractivity contribution in [1.82, 2.24) is 10.2 Å². The van der Waals surface area contributed by atoms with Crippen molar-refractivity contribution in [3.8, 4) is 0 Å². The Kier molecular flexibility index (Phi) is 5.52. The molecular formula is C15H25F3N2O. The highest BCUT2D eigenvalue weighted by molar-refractivity contribution is 5.82. The zero-order valence-electron chi connectivity index (χ0n) is 12.6. The van der Waals surface area contributed by atoms with Gasteiger partial charge in [0.25, 0.3) is 0 Å². The first kappa shape index (κ1) is 16.6. The minimum absolute atomic E-state index is 0.00706. The maximum Gasteiger partial charge on any atom is 0.393 e. The fourth-order valence-electron chi connectivity index (χ4n) is 3.36. The van der Waals surface area contributed by atoms with Crippen LogP contribution in [0.1, 0.15) is 45.4 Å². The number of nitrogens with one attached hydrogen (secondary N) is 1. The molecule has 0 spiro atoms. The Morgan fingerprint density at radius 2 is 1.95 bits per heavy atom. The number of rotatable bonds is 2. The summed E-state index contributed by atoms with van der Waals surface area (Å²) in [5.74, 6) is -0.640. The molecule has 1 amide bonds. The van der Waals surface area contributed by atoms with Gasteiger partial charge in [0, 0.05) is 19.6 Å². The summed E-state index contributed by atoms with van der Waals surface area (Å²) in [7, 11) is 0. The van der Waals surface area contributed by atoms with Crippen molar-refractivity contribution < 1.29 is 18.0 Å². The molecule has 3 nitrogen and oxygen atoms in total. The second kappa shape index (κ2) is 6.99. The predicted molar refractivity (Wildman–Crippen MR) is 74.8 cm³/mol. The number of alkyl halides is 3. The van der Waals surface area contributed by atoms with Crippen LogP contribution in [0.4, 0.5) is 13.2 Å². The summed E-state index contributed by atoms with van der Waals surface area (Å²) in [4.78, 5) is 14.3. The third-order valence-electron chi connectivity index (χ3n) is 4.91. The Morgan fingerprint density at radius 1 is 1.19 bits per heavy atom. The third-order valence-corrected chi connectivity index (χ3v) is 4.91. The number of likely N-dealkylation sites (tertiary alicyclic amines) is 1. The Balaban J connectivity index is 1.84. The zero-order valence-corrected chi connectivity index (χ0v) is 12.6. The molecule has 3 unspecified atom stereocenters. The number of carbonyl (C=O) groups excluding carboxylic acids is 1. The fourth-order valence-corrected chi connectivity index (χ4v) is 3.36. The lowest BCUT2D eigenvalue weighted by Crippen LogP contribution is -2.52. The first-order chi connectivity index (χ1) is 9.91. The minimum atomic E-state index is -4.15. The van der Waals surface area contributed by atoms with E-state index in [1.807, 2.05) is 4.90 Å². The van der Waals surface area contributed by atoms with Gasteiger partial charge >= 0.3 is 6.18 Å². The maximum atomic E-state index is 12.6. The average Bonchev–Trinajstić information content (AvgIpc) is 2.71. The molecule has 6 heteroatoms. The van der Waals surface area contributed by atoms with Gasteiger partial charge in [0.05, 0.1) is 12.0 Å². The molecule has 2 aliphatic heterocycles. The highest BCUT2D eigenvalue weighted by Crippen LogP contribution is 2.32. The van der Waals surface area contributed by atoms with Crippen molar-refractivity contribution in [2.24, 2.45) is 11.8 Å². The summed E-state index contributed by atoms with van der Waals surface area (Å²) >= 11 is 0. The number of nitrogens with zero attached hydrogens (tertiary/aromatic N) is 1. The molecule has 1 N–H and O–H groups in total. The predicted octanol–water partition coefficient (Wildman–Crippen LogP) is 2.96. The molecule has 0 saturated carbocycles. The van der Waals surface area contributed by atoms with Crippen molar-refractivity contribution in [2.45, 2.75) is 57.7 Å². The molecule has 2 rings (SSSR count). The molecule has 0 bridgehead atoms. The monoisotopic (exact) mass is 306 g/mol. The highest BCUT2D eigenvalue weighted by atomic mass is 19.4. The lowest BCUT2D eigenvalue weighted by molar-refractivity contribution is -0.180. The van der Waals surface area contributed by atoms with Crippen LogP contribution in [0.25, 0.3) is 0 Å². The lowest BCUT2D eigenvalue weighted by Gasteiger charge is -2.33. The van der Waals surface area contributed by atoms with Gasteiger partial charge in [-0.1, -0.05) is 13.3 Å². The number of hydrogen-bond donors (Lipinski definition) is 1. The van der Waals surface area contributed by atoms with Crippen LogP contribution < -0.4 is 5.32 Å². The van der Waals surface area contributed by atoms with Crippen LogP contribution >= 0.6 is 0 Å². The first-order valence-corrected chi connectivity index (χ1v) is 8.00. The van der Waals surface area contributed by atoms with Gasteiger partial charge < -0.3 is 10.2 Å². The van der Waals surface area contributed by atoms with Gasteiger partial charge in [-0.3, -0.25) is 4.79 Å². The molecule has 3 atom stereocenters. The van der Waals surface area contributed by atoms with E-state index >= 15 is 0 Å². The van der Waals surface area contributed by atoms with Crippen molar-refractivity contribution in [3.63, 3.8) is 0 Å². The van der Waals surface area contributed by atoms with E-state index < -0.39 is 18.1 Å². The number of carbonyl (C=O) groups is 1. The van der Waals surface area contributed by atoms with E-state index in [1.165, 1.54) is 0 Å². The summed E-state index contributed by atoms with van der Waals surface area (Å²) in [5, 5.41) is 2.81. The Bertz CT molecular complexity index is 351. The zero-order chi connectivity index (χ0) is 15.5. The van der Waals surface area contributed by atoms with E-state index in [2.05, 4.69) is 12.2 Å². The number of amides is 1. The number of hydrogen-bond acceptors (Lipinski definition) is 2. The lowest BCUT2D eigenvalue weighted by atomic mass is 9.93. The molecule has 2 saturated heterocycles. The molecule has 2 heterocycles. The van der Waals surface area contributed by atoms with Crippen molar-refractivity contribution in [2.75, 3.05) is 19.6 Å². The van der Waals surface area contributed by atoms with Crippen LogP contribution in [0.15, 0.2) is 0 Å². The van der Waals surface area contributed by atoms with Gasteiger partial charge in [-0.2, -0.15) is 13.2 Å². The standard InChI is InChI=1S/C15H25F3N2O/c1-2-11-4-3-8-20(9-7-11)14(21)13-6-5-12(10-19-13)15(16,17)18/h11-13,19H,2-10H2,1H3. The molecule has 2 fully saturated rings. The van der Waals surface area contributed by atoms with Crippen LogP contribution in [0.5, 0.6) is 0 Å². The van der Waals surface area contributed by atoms with Gasteiger partial charge in [0.15, 0.2) is 0 Å². The van der Waals surface area contributed by atoms with Crippen LogP contribution in [0, 0.1) is 11.8 Å². The van der Waals surface area contributed by atoms with Gasteiger partial charge in [0.2, 0.25) is 5.91 Å². The molecule has 122 valence electrons. The molecule has 21 heavy (non-hydrogen) atoms. The Morgan fingerprint density at radius 3 is 2.52 bits per heavy atom. The molecule has 2 aliphatic rings. The quantitative estimate of drug-likeness (QED) is 0.851. The molecular weight excluding hydrogens is 281 g/mol. The molecule has 0 aliphatic carbocycles. The summed E-state index contributed by atoms with van der Waals surface area (Å²) in [5.41, 5.74) is 0. The van der Waals surface area contributed by atoms with Crippen molar-refractivity contribution in [1.29, 1.82) is 0 Å². The summed E-state index contributed by atoms with van der Waals surface area (Å²) in [6, 6.07) is -0.429. The van der Waals surface area contributed by atoms with Gasteiger partial charge in [-0.15, -0.1) is 0 Å². The van der Waals surface area contributed by atoms with Gasteiger partial charge in [-0.25, -0.2) is 0 Å². The first-order valence-electron chi connectivity index (χ1n) is 8.00. The van der Waals surface area contributed by atoms with Crippen molar-refractivity contribution >= 4 is 5.91 Å². The maximum absolute atomic E-state index is 12.6. The molecule has 0 radical (unpaired) electrons. The van der Waals surface area contributed by atoms with E-state index in [-0.39, 0.29) is 25.3 Å².